The summed E-state index contributed by atoms with van der Waals surface area (Å²) in [5, 5.41) is 9.57. The monoisotopic (exact) mass is 779 g/mol. The summed E-state index contributed by atoms with van der Waals surface area (Å²) in [5.74, 6) is -1.18. The molecule has 0 aromatic heterocycles. The lowest BCUT2D eigenvalue weighted by Gasteiger charge is -2.27. The second kappa shape index (κ2) is 16.9. The standard InChI is InChI=1S/C46H54N2O5S2/c1-6-7-12-30-47-39-20-10-8-18-37(39)45(2,3)41(47)28-24-33-16-15-17-34(43(33)54-36-26-22-35(23-27-36)44(49)50)25-29-42-46(4,5)38-19-9-11-21-40(38)48(42)31-13-14-32-55(51,52)53/h8-11,18-29H,6-7,12-17,30-32H2,1-5H3,(H-,49,50,51,52,53)/p+1. The molecule has 3 aromatic carbocycles. The van der Waals surface area contributed by atoms with E-state index in [0.29, 0.717) is 19.4 Å². The molecule has 1 aliphatic carbocycles. The zero-order valence-corrected chi connectivity index (χ0v) is 34.5. The predicted molar refractivity (Wildman–Crippen MR) is 227 cm³/mol. The van der Waals surface area contributed by atoms with Crippen LogP contribution in [0.4, 0.5) is 11.4 Å². The van der Waals surface area contributed by atoms with Gasteiger partial charge in [0, 0.05) is 57.3 Å². The van der Waals surface area contributed by atoms with Crippen LogP contribution in [0.3, 0.4) is 0 Å². The third kappa shape index (κ3) is 8.95. The Labute approximate surface area is 332 Å². The number of benzene rings is 3. The van der Waals surface area contributed by atoms with Gasteiger partial charge in [-0.3, -0.25) is 4.55 Å². The summed E-state index contributed by atoms with van der Waals surface area (Å²) in [5.41, 5.74) is 9.81. The van der Waals surface area contributed by atoms with Gasteiger partial charge in [0.15, 0.2) is 5.71 Å². The highest BCUT2D eigenvalue weighted by atomic mass is 32.2. The van der Waals surface area contributed by atoms with Gasteiger partial charge in [-0.05, 0) is 105 Å². The molecule has 290 valence electrons. The van der Waals surface area contributed by atoms with Gasteiger partial charge in [-0.25, -0.2) is 4.79 Å². The van der Waals surface area contributed by atoms with Crippen LogP contribution in [0.25, 0.3) is 0 Å². The molecule has 7 nitrogen and oxygen atoms in total. The molecule has 0 atom stereocenters. The van der Waals surface area contributed by atoms with Crippen molar-refractivity contribution in [3.63, 3.8) is 0 Å². The number of hydrogen-bond acceptors (Lipinski definition) is 5. The Morgan fingerprint density at radius 1 is 0.855 bits per heavy atom. The second-order valence-corrected chi connectivity index (χ2v) is 18.5. The van der Waals surface area contributed by atoms with Crippen LogP contribution in [0.5, 0.6) is 0 Å². The summed E-state index contributed by atoms with van der Waals surface area (Å²) in [4.78, 5) is 16.2. The Morgan fingerprint density at radius 2 is 1.56 bits per heavy atom. The first kappa shape index (κ1) is 40.5. The summed E-state index contributed by atoms with van der Waals surface area (Å²) in [6.07, 6.45) is 16.6. The van der Waals surface area contributed by atoms with E-state index in [1.54, 1.807) is 23.9 Å². The number of allylic oxidation sites excluding steroid dienone is 7. The molecular formula is C46H55N2O5S2+. The van der Waals surface area contributed by atoms with Crippen molar-refractivity contribution in [2.24, 2.45) is 0 Å². The van der Waals surface area contributed by atoms with Crippen LogP contribution in [0.15, 0.2) is 124 Å². The van der Waals surface area contributed by atoms with E-state index in [1.807, 2.05) is 18.2 Å². The molecule has 55 heavy (non-hydrogen) atoms. The number of carboxylic acids is 1. The molecule has 0 saturated heterocycles. The van der Waals surface area contributed by atoms with Crippen molar-refractivity contribution in [2.75, 3.05) is 23.7 Å². The maximum absolute atomic E-state index is 11.7. The van der Waals surface area contributed by atoms with Crippen molar-refractivity contribution in [3.05, 3.63) is 136 Å². The first-order valence-corrected chi connectivity index (χ1v) is 22.1. The number of anilines is 1. The number of aromatic carboxylic acids is 1. The van der Waals surface area contributed by atoms with E-state index in [9.17, 15) is 22.9 Å². The summed E-state index contributed by atoms with van der Waals surface area (Å²) in [6, 6.07) is 24.4. The highest BCUT2D eigenvalue weighted by Gasteiger charge is 2.44. The zero-order chi connectivity index (χ0) is 39.4. The van der Waals surface area contributed by atoms with Crippen LogP contribution in [-0.2, 0) is 20.9 Å². The molecule has 2 N–H and O–H groups in total. The highest BCUT2D eigenvalue weighted by Crippen LogP contribution is 2.49. The first-order valence-electron chi connectivity index (χ1n) is 19.6. The number of unbranched alkanes of at least 4 members (excludes halogenated alkanes) is 3. The van der Waals surface area contributed by atoms with Crippen molar-refractivity contribution in [3.8, 4) is 0 Å². The third-order valence-electron chi connectivity index (χ3n) is 11.3. The van der Waals surface area contributed by atoms with E-state index in [2.05, 4.69) is 111 Å². The lowest BCUT2D eigenvalue weighted by Crippen LogP contribution is -2.28. The van der Waals surface area contributed by atoms with Gasteiger partial charge < -0.3 is 10.0 Å². The van der Waals surface area contributed by atoms with Gasteiger partial charge in [0.1, 0.15) is 6.54 Å². The highest BCUT2D eigenvalue weighted by molar-refractivity contribution is 8.03. The molecule has 0 bridgehead atoms. The van der Waals surface area contributed by atoms with Crippen molar-refractivity contribution < 1.29 is 27.4 Å². The molecule has 0 fully saturated rings. The van der Waals surface area contributed by atoms with E-state index >= 15 is 0 Å². The fourth-order valence-electron chi connectivity index (χ4n) is 8.33. The van der Waals surface area contributed by atoms with E-state index in [-0.39, 0.29) is 22.1 Å². The fourth-order valence-corrected chi connectivity index (χ4v) is 10.0. The summed E-state index contributed by atoms with van der Waals surface area (Å²) >= 11 is 1.70. The largest absolute Gasteiger partial charge is 0.478 e. The van der Waals surface area contributed by atoms with Gasteiger partial charge in [0.05, 0.1) is 16.7 Å². The van der Waals surface area contributed by atoms with Crippen molar-refractivity contribution >= 4 is 44.9 Å². The first-order chi connectivity index (χ1) is 26.2. The molecule has 0 spiro atoms. The molecular weight excluding hydrogens is 725 g/mol. The van der Waals surface area contributed by atoms with Crippen molar-refractivity contribution in [1.82, 2.24) is 0 Å². The SMILES string of the molecule is CCCCC[N+]1=C(/C=C/C2=C(Sc3ccc(C(=O)O)cc3)C(=C/C=C3/N(CCCCS(=O)(=O)O)c4ccccc4C3(C)C)/CCC2)C(C)(C)c2ccccc21. The van der Waals surface area contributed by atoms with E-state index < -0.39 is 16.1 Å². The maximum Gasteiger partial charge on any atom is 0.335 e. The summed E-state index contributed by atoms with van der Waals surface area (Å²) < 4.78 is 34.8. The Kier molecular flexibility index (Phi) is 12.4. The molecule has 6 rings (SSSR count). The van der Waals surface area contributed by atoms with Gasteiger partial charge >= 0.3 is 5.97 Å². The minimum atomic E-state index is -4.01. The van der Waals surface area contributed by atoms with Gasteiger partial charge in [-0.1, -0.05) is 87.5 Å². The third-order valence-corrected chi connectivity index (χ3v) is 13.3. The normalized spacial score (nSPS) is 19.2. The minimum absolute atomic E-state index is 0.147. The number of hydrogen-bond donors (Lipinski definition) is 2. The Bertz CT molecular complexity index is 2190. The van der Waals surface area contributed by atoms with E-state index in [1.165, 1.54) is 51.4 Å². The molecule has 0 amide bonds. The molecule has 3 aromatic rings. The number of rotatable bonds is 15. The van der Waals surface area contributed by atoms with Crippen LogP contribution in [0, 0.1) is 0 Å². The number of nitrogens with zero attached hydrogens (tertiary/aromatic N) is 2. The second-order valence-electron chi connectivity index (χ2n) is 15.9. The van der Waals surface area contributed by atoms with Crippen LogP contribution >= 0.6 is 11.8 Å². The Balaban J connectivity index is 1.42. The summed E-state index contributed by atoms with van der Waals surface area (Å²) in [6.45, 7) is 13.0. The number of carbonyl (C=O) groups is 1. The smallest absolute Gasteiger partial charge is 0.335 e. The quantitative estimate of drug-likeness (QED) is 0.0900. The minimum Gasteiger partial charge on any atom is -0.478 e. The molecule has 9 heteroatoms. The van der Waals surface area contributed by atoms with E-state index in [0.717, 1.165) is 48.5 Å². The lowest BCUT2D eigenvalue weighted by molar-refractivity contribution is -0.438. The van der Waals surface area contributed by atoms with Crippen LogP contribution in [0.2, 0.25) is 0 Å². The van der Waals surface area contributed by atoms with Crippen molar-refractivity contribution in [1.29, 1.82) is 0 Å². The van der Waals surface area contributed by atoms with Gasteiger partial charge in [-0.2, -0.15) is 13.0 Å². The number of thioether (sulfide) groups is 1. The molecule has 0 saturated carbocycles. The average molecular weight is 780 g/mol. The number of carboxylic acid groups (broad SMARTS) is 1. The van der Waals surface area contributed by atoms with Crippen molar-refractivity contribution in [2.45, 2.75) is 102 Å². The topological polar surface area (TPSA) is 97.9 Å². The predicted octanol–water partition coefficient (Wildman–Crippen LogP) is 11.0. The Hall–Kier alpha value is -4.18. The van der Waals surface area contributed by atoms with Gasteiger partial charge in [0.2, 0.25) is 5.69 Å². The molecule has 3 aliphatic rings. The molecule has 2 aliphatic heterocycles. The van der Waals surface area contributed by atoms with Crippen LogP contribution in [0.1, 0.15) is 107 Å². The van der Waals surface area contributed by atoms with Gasteiger partial charge in [0.25, 0.3) is 10.1 Å². The Morgan fingerprint density at radius 3 is 2.27 bits per heavy atom. The lowest BCUT2D eigenvalue weighted by atomic mass is 9.81. The van der Waals surface area contributed by atoms with Gasteiger partial charge in [-0.15, -0.1) is 0 Å². The number of para-hydroxylation sites is 2. The van der Waals surface area contributed by atoms with E-state index in [4.69, 9.17) is 0 Å². The molecule has 0 radical (unpaired) electrons. The molecule has 2 heterocycles. The summed E-state index contributed by atoms with van der Waals surface area (Å²) in [7, 11) is -4.01. The fraction of sp³-hybridized carbons (Fsp3) is 0.391. The average Bonchev–Trinajstić information content (AvgIpc) is 3.50. The number of fused-ring (bicyclic) bond motifs is 2. The van der Waals surface area contributed by atoms with Crippen LogP contribution in [-0.4, -0.2) is 53.2 Å². The maximum atomic E-state index is 11.7. The molecule has 0 unspecified atom stereocenters. The van der Waals surface area contributed by atoms with Crippen LogP contribution < -0.4 is 4.90 Å². The zero-order valence-electron chi connectivity index (χ0n) is 32.8.